The zero-order valence-electron chi connectivity index (χ0n) is 8.32. The summed E-state index contributed by atoms with van der Waals surface area (Å²) in [5, 5.41) is 3.89. The van der Waals surface area contributed by atoms with Gasteiger partial charge in [0.05, 0.1) is 5.54 Å². The normalized spacial score (nSPS) is 28.7. The van der Waals surface area contributed by atoms with Crippen LogP contribution in [-0.2, 0) is 10.3 Å². The van der Waals surface area contributed by atoms with Gasteiger partial charge in [-0.3, -0.25) is 0 Å². The van der Waals surface area contributed by atoms with Crippen LogP contribution in [0.25, 0.3) is 0 Å². The quantitative estimate of drug-likeness (QED) is 0.718. The summed E-state index contributed by atoms with van der Waals surface area (Å²) in [6.07, 6.45) is 2.56. The number of aromatic nitrogens is 2. The second-order valence-electron chi connectivity index (χ2n) is 3.76. The molecule has 0 aliphatic carbocycles. The van der Waals surface area contributed by atoms with Gasteiger partial charge in [-0.1, -0.05) is 5.16 Å². The molecule has 1 aromatic rings. The lowest BCUT2D eigenvalue weighted by atomic mass is 9.91. The maximum atomic E-state index is 6.23. The van der Waals surface area contributed by atoms with Gasteiger partial charge in [0.2, 0.25) is 5.89 Å². The molecular formula is C9H15N3O2. The lowest BCUT2D eigenvalue weighted by Crippen LogP contribution is -2.38. The van der Waals surface area contributed by atoms with Crippen molar-refractivity contribution in [2.24, 2.45) is 5.73 Å². The summed E-state index contributed by atoms with van der Waals surface area (Å²) in [5.41, 5.74) is 5.76. The molecule has 1 atom stereocenters. The van der Waals surface area contributed by atoms with E-state index < -0.39 is 5.54 Å². The Morgan fingerprint density at radius 1 is 1.36 bits per heavy atom. The van der Waals surface area contributed by atoms with Gasteiger partial charge in [0, 0.05) is 20.1 Å². The van der Waals surface area contributed by atoms with E-state index in [1.54, 1.807) is 6.92 Å². The molecule has 0 bridgehead atoms. The van der Waals surface area contributed by atoms with Gasteiger partial charge in [0.25, 0.3) is 0 Å². The van der Waals surface area contributed by atoms with Gasteiger partial charge in [-0.2, -0.15) is 4.98 Å². The van der Waals surface area contributed by atoms with E-state index in [-0.39, 0.29) is 0 Å². The van der Waals surface area contributed by atoms with Crippen molar-refractivity contribution in [2.45, 2.75) is 31.7 Å². The van der Waals surface area contributed by atoms with Crippen molar-refractivity contribution >= 4 is 0 Å². The van der Waals surface area contributed by atoms with E-state index in [0.29, 0.717) is 18.3 Å². The lowest BCUT2D eigenvalue weighted by Gasteiger charge is -2.22. The van der Waals surface area contributed by atoms with E-state index in [9.17, 15) is 0 Å². The van der Waals surface area contributed by atoms with Gasteiger partial charge in [-0.25, -0.2) is 0 Å². The smallest absolute Gasteiger partial charge is 0.223 e. The Kier molecular flexibility index (Phi) is 2.52. The minimum atomic E-state index is -0.464. The van der Waals surface area contributed by atoms with Gasteiger partial charge in [-0.05, 0) is 19.3 Å². The molecule has 78 valence electrons. The van der Waals surface area contributed by atoms with E-state index in [0.717, 1.165) is 25.9 Å². The van der Waals surface area contributed by atoms with Crippen molar-refractivity contribution in [2.75, 3.05) is 13.2 Å². The fourth-order valence-electron chi connectivity index (χ4n) is 1.70. The minimum absolute atomic E-state index is 0.464. The zero-order valence-corrected chi connectivity index (χ0v) is 8.32. The molecule has 2 N–H and O–H groups in total. The fourth-order valence-corrected chi connectivity index (χ4v) is 1.70. The molecule has 14 heavy (non-hydrogen) atoms. The van der Waals surface area contributed by atoms with Gasteiger partial charge >= 0.3 is 0 Å². The summed E-state index contributed by atoms with van der Waals surface area (Å²) in [4.78, 5) is 4.19. The number of ether oxygens (including phenoxy) is 1. The molecule has 0 spiro atoms. The number of hydrogen-bond donors (Lipinski definition) is 1. The fraction of sp³-hybridized carbons (Fsp3) is 0.778. The van der Waals surface area contributed by atoms with Crippen molar-refractivity contribution in [1.29, 1.82) is 0 Å². The molecule has 0 radical (unpaired) electrons. The first-order chi connectivity index (χ1) is 6.71. The molecule has 1 unspecified atom stereocenters. The van der Waals surface area contributed by atoms with E-state index in [2.05, 4.69) is 10.1 Å². The van der Waals surface area contributed by atoms with E-state index in [1.807, 2.05) is 0 Å². The first kappa shape index (κ1) is 9.61. The third-order valence-electron chi connectivity index (χ3n) is 2.58. The van der Waals surface area contributed by atoms with Crippen LogP contribution in [0.15, 0.2) is 4.52 Å². The standard InChI is InChI=1S/C9H15N3O2/c1-7-11-8(12-14-7)9(10)3-2-5-13-6-4-9/h2-6,10H2,1H3. The monoisotopic (exact) mass is 197 g/mol. The first-order valence-electron chi connectivity index (χ1n) is 4.88. The summed E-state index contributed by atoms with van der Waals surface area (Å²) in [6.45, 7) is 3.22. The number of nitrogens with two attached hydrogens (primary N) is 1. The molecule has 2 heterocycles. The Morgan fingerprint density at radius 2 is 2.21 bits per heavy atom. The summed E-state index contributed by atoms with van der Waals surface area (Å²) in [7, 11) is 0. The number of rotatable bonds is 1. The molecule has 0 saturated carbocycles. The van der Waals surface area contributed by atoms with Crippen LogP contribution in [0.3, 0.4) is 0 Å². The highest BCUT2D eigenvalue weighted by Gasteiger charge is 2.33. The van der Waals surface area contributed by atoms with Crippen molar-refractivity contribution in [1.82, 2.24) is 10.1 Å². The second kappa shape index (κ2) is 3.67. The molecule has 5 nitrogen and oxygen atoms in total. The molecule has 1 fully saturated rings. The number of hydrogen-bond acceptors (Lipinski definition) is 5. The van der Waals surface area contributed by atoms with Crippen LogP contribution < -0.4 is 5.73 Å². The molecule has 1 aromatic heterocycles. The molecular weight excluding hydrogens is 182 g/mol. The first-order valence-corrected chi connectivity index (χ1v) is 4.88. The largest absolute Gasteiger partial charge is 0.381 e. The second-order valence-corrected chi connectivity index (χ2v) is 3.76. The maximum absolute atomic E-state index is 6.23. The van der Waals surface area contributed by atoms with E-state index in [4.69, 9.17) is 15.0 Å². The number of aryl methyl sites for hydroxylation is 1. The van der Waals surface area contributed by atoms with Crippen LogP contribution in [-0.4, -0.2) is 23.4 Å². The average Bonchev–Trinajstić information content (AvgIpc) is 2.47. The molecule has 1 aliphatic heterocycles. The van der Waals surface area contributed by atoms with Crippen LogP contribution in [0, 0.1) is 6.92 Å². The Balaban J connectivity index is 2.20. The third kappa shape index (κ3) is 1.78. The summed E-state index contributed by atoms with van der Waals surface area (Å²) < 4.78 is 10.3. The highest BCUT2D eigenvalue weighted by molar-refractivity contribution is 5.04. The zero-order chi connectivity index (χ0) is 10.0. The highest BCUT2D eigenvalue weighted by Crippen LogP contribution is 2.27. The predicted molar refractivity (Wildman–Crippen MR) is 49.6 cm³/mol. The lowest BCUT2D eigenvalue weighted by molar-refractivity contribution is 0.139. The van der Waals surface area contributed by atoms with Gasteiger partial charge < -0.3 is 15.0 Å². The summed E-state index contributed by atoms with van der Waals surface area (Å²) >= 11 is 0. The van der Waals surface area contributed by atoms with Crippen molar-refractivity contribution in [3.8, 4) is 0 Å². The Hall–Kier alpha value is -0.940. The molecule has 1 aliphatic rings. The Bertz CT molecular complexity index is 303. The van der Waals surface area contributed by atoms with Gasteiger partial charge in [-0.15, -0.1) is 0 Å². The minimum Gasteiger partial charge on any atom is -0.381 e. The van der Waals surface area contributed by atoms with Gasteiger partial charge in [0.15, 0.2) is 5.82 Å². The average molecular weight is 197 g/mol. The van der Waals surface area contributed by atoms with Crippen molar-refractivity contribution < 1.29 is 9.26 Å². The summed E-state index contributed by atoms with van der Waals surface area (Å²) in [5.74, 6) is 1.18. The van der Waals surface area contributed by atoms with Crippen molar-refractivity contribution in [3.05, 3.63) is 11.7 Å². The topological polar surface area (TPSA) is 74.2 Å². The summed E-state index contributed by atoms with van der Waals surface area (Å²) in [6, 6.07) is 0. The Labute approximate surface area is 82.6 Å². The van der Waals surface area contributed by atoms with Crippen LogP contribution >= 0.6 is 0 Å². The van der Waals surface area contributed by atoms with Crippen LogP contribution in [0.1, 0.15) is 31.0 Å². The van der Waals surface area contributed by atoms with Crippen LogP contribution in [0.2, 0.25) is 0 Å². The molecule has 1 saturated heterocycles. The van der Waals surface area contributed by atoms with E-state index >= 15 is 0 Å². The van der Waals surface area contributed by atoms with E-state index in [1.165, 1.54) is 0 Å². The van der Waals surface area contributed by atoms with Crippen molar-refractivity contribution in [3.63, 3.8) is 0 Å². The van der Waals surface area contributed by atoms with Crippen LogP contribution in [0.5, 0.6) is 0 Å². The molecule has 2 rings (SSSR count). The predicted octanol–water partition coefficient (Wildman–Crippen LogP) is 0.733. The highest BCUT2D eigenvalue weighted by atomic mass is 16.5. The molecule has 0 aromatic carbocycles. The number of nitrogens with zero attached hydrogens (tertiary/aromatic N) is 2. The third-order valence-corrected chi connectivity index (χ3v) is 2.58. The van der Waals surface area contributed by atoms with Crippen LogP contribution in [0.4, 0.5) is 0 Å². The Morgan fingerprint density at radius 3 is 2.93 bits per heavy atom. The van der Waals surface area contributed by atoms with Gasteiger partial charge in [0.1, 0.15) is 0 Å². The maximum Gasteiger partial charge on any atom is 0.223 e. The molecule has 5 heteroatoms. The molecule has 0 amide bonds. The SMILES string of the molecule is Cc1nc(C2(N)CCCOCC2)no1.